The Kier molecular flexibility index (Phi) is 5.59. The van der Waals surface area contributed by atoms with Crippen molar-refractivity contribution in [1.82, 2.24) is 9.80 Å². The summed E-state index contributed by atoms with van der Waals surface area (Å²) in [7, 11) is 1.68. The van der Waals surface area contributed by atoms with E-state index >= 15 is 0 Å². The Balaban J connectivity index is 1.99. The molecule has 0 unspecified atom stereocenters. The number of nitrogens with zero attached hydrogens (tertiary/aromatic N) is 2. The van der Waals surface area contributed by atoms with Gasteiger partial charge in [-0.3, -0.25) is 9.69 Å². The number of ether oxygens (including phenoxy) is 1. The zero-order chi connectivity index (χ0) is 15.2. The molecule has 0 radical (unpaired) electrons. The molecule has 0 aromatic heterocycles. The van der Waals surface area contributed by atoms with Crippen LogP contribution in [-0.2, 0) is 17.9 Å². The van der Waals surface area contributed by atoms with Crippen LogP contribution >= 0.6 is 0 Å². The first-order chi connectivity index (χ1) is 10.1. The number of hydrogen-bond acceptors (Lipinski definition) is 4. The zero-order valence-electron chi connectivity index (χ0n) is 13.0. The zero-order valence-corrected chi connectivity index (χ0v) is 13.0. The van der Waals surface area contributed by atoms with Gasteiger partial charge in [0.25, 0.3) is 0 Å². The van der Waals surface area contributed by atoms with E-state index in [0.717, 1.165) is 50.5 Å². The van der Waals surface area contributed by atoms with Crippen molar-refractivity contribution in [1.29, 1.82) is 0 Å². The lowest BCUT2D eigenvalue weighted by atomic mass is 10.1. The first-order valence-corrected chi connectivity index (χ1v) is 7.47. The predicted octanol–water partition coefficient (Wildman–Crippen LogP) is 1.21. The van der Waals surface area contributed by atoms with Crippen LogP contribution in [0.3, 0.4) is 0 Å². The molecule has 0 spiro atoms. The predicted molar refractivity (Wildman–Crippen MR) is 83.0 cm³/mol. The van der Waals surface area contributed by atoms with E-state index in [-0.39, 0.29) is 5.91 Å². The molecule has 2 rings (SSSR count). The number of nitrogens with two attached hydrogens (primary N) is 1. The Bertz CT molecular complexity index is 490. The molecule has 116 valence electrons. The molecule has 1 aromatic rings. The van der Waals surface area contributed by atoms with Gasteiger partial charge in [-0.1, -0.05) is 12.1 Å². The molecular weight excluding hydrogens is 266 g/mol. The smallest absolute Gasteiger partial charge is 0.219 e. The second-order valence-electron chi connectivity index (χ2n) is 5.49. The van der Waals surface area contributed by atoms with Crippen LogP contribution in [0.5, 0.6) is 5.75 Å². The number of methoxy groups -OCH3 is 1. The highest BCUT2D eigenvalue weighted by Gasteiger charge is 2.16. The van der Waals surface area contributed by atoms with Crippen LogP contribution in [0.4, 0.5) is 0 Å². The molecule has 1 aliphatic heterocycles. The molecule has 0 aliphatic carbocycles. The topological polar surface area (TPSA) is 58.8 Å². The quantitative estimate of drug-likeness (QED) is 0.906. The highest BCUT2D eigenvalue weighted by molar-refractivity contribution is 5.73. The van der Waals surface area contributed by atoms with Crippen LogP contribution in [0.2, 0.25) is 0 Å². The highest BCUT2D eigenvalue weighted by Crippen LogP contribution is 2.21. The van der Waals surface area contributed by atoms with Gasteiger partial charge in [0.1, 0.15) is 5.75 Å². The number of amides is 1. The number of rotatable bonds is 4. The van der Waals surface area contributed by atoms with Crippen LogP contribution in [0.25, 0.3) is 0 Å². The van der Waals surface area contributed by atoms with Crippen molar-refractivity contribution in [2.24, 2.45) is 5.73 Å². The van der Waals surface area contributed by atoms with E-state index in [0.29, 0.717) is 6.54 Å². The fourth-order valence-electron chi connectivity index (χ4n) is 2.76. The molecule has 1 heterocycles. The van der Waals surface area contributed by atoms with Crippen molar-refractivity contribution >= 4 is 5.91 Å². The Morgan fingerprint density at radius 2 is 2.10 bits per heavy atom. The SMILES string of the molecule is COc1cc(CN2CCCN(C(C)=O)CC2)ccc1CN. The Labute approximate surface area is 126 Å². The summed E-state index contributed by atoms with van der Waals surface area (Å²) in [4.78, 5) is 15.8. The second-order valence-corrected chi connectivity index (χ2v) is 5.49. The third kappa shape index (κ3) is 4.19. The molecule has 0 saturated carbocycles. The van der Waals surface area contributed by atoms with Crippen LogP contribution in [0.1, 0.15) is 24.5 Å². The summed E-state index contributed by atoms with van der Waals surface area (Å²) in [6.07, 6.45) is 1.03. The summed E-state index contributed by atoms with van der Waals surface area (Å²) in [6, 6.07) is 6.21. The van der Waals surface area contributed by atoms with E-state index < -0.39 is 0 Å². The highest BCUT2D eigenvalue weighted by atomic mass is 16.5. The lowest BCUT2D eigenvalue weighted by molar-refractivity contribution is -0.128. The van der Waals surface area contributed by atoms with Gasteiger partial charge in [0.15, 0.2) is 0 Å². The van der Waals surface area contributed by atoms with Gasteiger partial charge in [0, 0.05) is 51.8 Å². The average molecular weight is 291 g/mol. The van der Waals surface area contributed by atoms with Gasteiger partial charge in [0.05, 0.1) is 7.11 Å². The van der Waals surface area contributed by atoms with Crippen molar-refractivity contribution in [3.8, 4) is 5.75 Å². The minimum absolute atomic E-state index is 0.172. The number of hydrogen-bond donors (Lipinski definition) is 1. The minimum Gasteiger partial charge on any atom is -0.496 e. The van der Waals surface area contributed by atoms with E-state index in [1.807, 2.05) is 11.0 Å². The molecule has 1 amide bonds. The summed E-state index contributed by atoms with van der Waals surface area (Å²) in [6.45, 7) is 6.62. The summed E-state index contributed by atoms with van der Waals surface area (Å²) < 4.78 is 5.39. The van der Waals surface area contributed by atoms with Crippen molar-refractivity contribution in [2.45, 2.75) is 26.4 Å². The maximum atomic E-state index is 11.4. The Morgan fingerprint density at radius 3 is 2.76 bits per heavy atom. The number of carbonyl (C=O) groups excluding carboxylic acids is 1. The molecule has 5 heteroatoms. The molecular formula is C16H25N3O2. The third-order valence-corrected chi connectivity index (χ3v) is 4.01. The van der Waals surface area contributed by atoms with E-state index in [9.17, 15) is 4.79 Å². The maximum absolute atomic E-state index is 11.4. The van der Waals surface area contributed by atoms with Crippen molar-refractivity contribution in [3.05, 3.63) is 29.3 Å². The van der Waals surface area contributed by atoms with Gasteiger partial charge < -0.3 is 15.4 Å². The van der Waals surface area contributed by atoms with E-state index in [1.165, 1.54) is 5.56 Å². The van der Waals surface area contributed by atoms with Gasteiger partial charge >= 0.3 is 0 Å². The lowest BCUT2D eigenvalue weighted by Crippen LogP contribution is -2.33. The molecule has 1 fully saturated rings. The maximum Gasteiger partial charge on any atom is 0.219 e. The second kappa shape index (κ2) is 7.43. The number of benzene rings is 1. The molecule has 1 saturated heterocycles. The van der Waals surface area contributed by atoms with Crippen molar-refractivity contribution in [2.75, 3.05) is 33.3 Å². The molecule has 21 heavy (non-hydrogen) atoms. The summed E-state index contributed by atoms with van der Waals surface area (Å²) in [5, 5.41) is 0. The summed E-state index contributed by atoms with van der Waals surface area (Å²) in [5.41, 5.74) is 7.95. The molecule has 1 aliphatic rings. The lowest BCUT2D eigenvalue weighted by Gasteiger charge is -2.21. The Morgan fingerprint density at radius 1 is 1.29 bits per heavy atom. The van der Waals surface area contributed by atoms with Gasteiger partial charge in [-0.25, -0.2) is 0 Å². The van der Waals surface area contributed by atoms with Crippen LogP contribution in [-0.4, -0.2) is 49.0 Å². The average Bonchev–Trinajstić information content (AvgIpc) is 2.72. The summed E-state index contributed by atoms with van der Waals surface area (Å²) >= 11 is 0. The molecule has 5 nitrogen and oxygen atoms in total. The van der Waals surface area contributed by atoms with Crippen molar-refractivity contribution < 1.29 is 9.53 Å². The van der Waals surface area contributed by atoms with Crippen molar-refractivity contribution in [3.63, 3.8) is 0 Å². The summed E-state index contributed by atoms with van der Waals surface area (Å²) in [5.74, 6) is 1.03. The minimum atomic E-state index is 0.172. The van der Waals surface area contributed by atoms with Gasteiger partial charge in [0.2, 0.25) is 5.91 Å². The number of carbonyl (C=O) groups is 1. The monoisotopic (exact) mass is 291 g/mol. The fraction of sp³-hybridized carbons (Fsp3) is 0.562. The molecule has 0 atom stereocenters. The Hall–Kier alpha value is -1.59. The fourth-order valence-corrected chi connectivity index (χ4v) is 2.76. The molecule has 1 aromatic carbocycles. The largest absolute Gasteiger partial charge is 0.496 e. The van der Waals surface area contributed by atoms with Gasteiger partial charge in [-0.2, -0.15) is 0 Å². The molecule has 2 N–H and O–H groups in total. The first-order valence-electron chi connectivity index (χ1n) is 7.47. The van der Waals surface area contributed by atoms with Gasteiger partial charge in [-0.05, 0) is 18.1 Å². The molecule has 0 bridgehead atoms. The van der Waals surface area contributed by atoms with E-state index in [1.54, 1.807) is 14.0 Å². The van der Waals surface area contributed by atoms with Crippen LogP contribution in [0, 0.1) is 0 Å². The first kappa shape index (κ1) is 15.8. The van der Waals surface area contributed by atoms with Crippen LogP contribution in [0.15, 0.2) is 18.2 Å². The van der Waals surface area contributed by atoms with Gasteiger partial charge in [-0.15, -0.1) is 0 Å². The van der Waals surface area contributed by atoms with E-state index in [2.05, 4.69) is 17.0 Å². The standard InChI is InChI=1S/C16H25N3O2/c1-13(20)19-7-3-6-18(8-9-19)12-14-4-5-15(11-17)16(10-14)21-2/h4-5,10H,3,6-9,11-12,17H2,1-2H3. The van der Waals surface area contributed by atoms with E-state index in [4.69, 9.17) is 10.5 Å². The normalized spacial score (nSPS) is 16.6. The van der Waals surface area contributed by atoms with Crippen LogP contribution < -0.4 is 10.5 Å². The third-order valence-electron chi connectivity index (χ3n) is 4.01.